The van der Waals surface area contributed by atoms with Crippen LogP contribution in [-0.4, -0.2) is 17.5 Å². The van der Waals surface area contributed by atoms with Crippen LogP contribution in [0.2, 0.25) is 0 Å². The van der Waals surface area contributed by atoms with Crippen LogP contribution in [0.4, 0.5) is 4.39 Å². The minimum absolute atomic E-state index is 0.114. The second-order valence-electron chi connectivity index (χ2n) is 4.17. The summed E-state index contributed by atoms with van der Waals surface area (Å²) in [5, 5.41) is 2.61. The van der Waals surface area contributed by atoms with Gasteiger partial charge in [-0.15, -0.1) is 0 Å². The number of hydrogen-bond acceptors (Lipinski definition) is 1. The summed E-state index contributed by atoms with van der Waals surface area (Å²) in [6, 6.07) is 8.06. The maximum Gasteiger partial charge on any atom is 0.252 e. The van der Waals surface area contributed by atoms with E-state index in [-0.39, 0.29) is 11.7 Å². The zero-order valence-electron chi connectivity index (χ0n) is 10.6. The van der Waals surface area contributed by atoms with Crippen LogP contribution in [0.1, 0.15) is 16.1 Å². The molecule has 2 aromatic rings. The molecule has 0 bridgehead atoms. The van der Waals surface area contributed by atoms with E-state index in [1.165, 1.54) is 12.1 Å². The number of nitrogens with one attached hydrogen (secondary N) is 1. The monoisotopic (exact) mass is 246 g/mol. The summed E-state index contributed by atoms with van der Waals surface area (Å²) in [6.45, 7) is 1.89. The van der Waals surface area contributed by atoms with E-state index in [1.54, 1.807) is 19.2 Å². The summed E-state index contributed by atoms with van der Waals surface area (Å²) in [5.74, 6) is -0.382. The molecule has 1 aromatic carbocycles. The molecule has 0 unspecified atom stereocenters. The van der Waals surface area contributed by atoms with Crippen molar-refractivity contribution in [1.82, 2.24) is 9.88 Å². The molecule has 1 amide bonds. The maximum atomic E-state index is 12.9. The quantitative estimate of drug-likeness (QED) is 0.868. The normalized spacial score (nSPS) is 10.4. The lowest BCUT2D eigenvalue weighted by atomic mass is 10.1. The predicted molar refractivity (Wildman–Crippen MR) is 68.9 cm³/mol. The smallest absolute Gasteiger partial charge is 0.252 e. The number of rotatable bonds is 2. The molecule has 0 aliphatic heterocycles. The van der Waals surface area contributed by atoms with Crippen molar-refractivity contribution in [3.05, 3.63) is 47.4 Å². The summed E-state index contributed by atoms with van der Waals surface area (Å²) in [6.07, 6.45) is 0. The second kappa shape index (κ2) is 4.64. The largest absolute Gasteiger partial charge is 0.355 e. The highest BCUT2D eigenvalue weighted by Crippen LogP contribution is 2.24. The van der Waals surface area contributed by atoms with Crippen molar-refractivity contribution in [2.45, 2.75) is 6.92 Å². The van der Waals surface area contributed by atoms with Crippen molar-refractivity contribution >= 4 is 5.91 Å². The Hall–Kier alpha value is -2.10. The topological polar surface area (TPSA) is 34.0 Å². The molecular formula is C14H15FN2O. The fourth-order valence-corrected chi connectivity index (χ4v) is 1.96. The van der Waals surface area contributed by atoms with Crippen LogP contribution in [-0.2, 0) is 7.05 Å². The van der Waals surface area contributed by atoms with E-state index in [2.05, 4.69) is 5.32 Å². The molecule has 4 heteroatoms. The fraction of sp³-hybridized carbons (Fsp3) is 0.214. The minimum Gasteiger partial charge on any atom is -0.355 e. The van der Waals surface area contributed by atoms with Crippen LogP contribution in [0.3, 0.4) is 0 Å². The molecule has 1 N–H and O–H groups in total. The van der Waals surface area contributed by atoms with E-state index in [9.17, 15) is 9.18 Å². The Kier molecular flexibility index (Phi) is 3.19. The van der Waals surface area contributed by atoms with Gasteiger partial charge in [0, 0.05) is 25.5 Å². The van der Waals surface area contributed by atoms with Crippen molar-refractivity contribution < 1.29 is 9.18 Å². The van der Waals surface area contributed by atoms with Gasteiger partial charge in [0.05, 0.1) is 5.56 Å². The maximum absolute atomic E-state index is 12.9. The van der Waals surface area contributed by atoms with Gasteiger partial charge in [-0.2, -0.15) is 0 Å². The van der Waals surface area contributed by atoms with Gasteiger partial charge in [0.15, 0.2) is 0 Å². The molecule has 1 heterocycles. The van der Waals surface area contributed by atoms with Crippen molar-refractivity contribution in [2.24, 2.45) is 7.05 Å². The average molecular weight is 246 g/mol. The third-order valence-corrected chi connectivity index (χ3v) is 3.15. The third-order valence-electron chi connectivity index (χ3n) is 3.15. The zero-order chi connectivity index (χ0) is 13.3. The summed E-state index contributed by atoms with van der Waals surface area (Å²) >= 11 is 0. The SMILES string of the molecule is CNC(=O)c1cc(-c2ccc(F)cc2)n(C)c1C. The first kappa shape index (κ1) is 12.4. The number of hydrogen-bond donors (Lipinski definition) is 1. The number of benzene rings is 1. The Balaban J connectivity index is 2.52. The van der Waals surface area contributed by atoms with E-state index in [0.29, 0.717) is 5.56 Å². The molecule has 2 rings (SSSR count). The van der Waals surface area contributed by atoms with Gasteiger partial charge in [-0.25, -0.2) is 4.39 Å². The first-order valence-electron chi connectivity index (χ1n) is 5.69. The Labute approximate surface area is 105 Å². The summed E-state index contributed by atoms with van der Waals surface area (Å²) < 4.78 is 14.8. The summed E-state index contributed by atoms with van der Waals surface area (Å²) in [5.41, 5.74) is 3.30. The number of nitrogens with zero attached hydrogens (tertiary/aromatic N) is 1. The molecule has 0 saturated heterocycles. The van der Waals surface area contributed by atoms with E-state index in [1.807, 2.05) is 24.6 Å². The van der Waals surface area contributed by atoms with Crippen LogP contribution in [0.5, 0.6) is 0 Å². The average Bonchev–Trinajstić information content (AvgIpc) is 2.67. The number of amides is 1. The van der Waals surface area contributed by atoms with Crippen LogP contribution in [0.25, 0.3) is 11.3 Å². The first-order chi connectivity index (χ1) is 8.54. The Bertz CT molecular complexity index is 585. The van der Waals surface area contributed by atoms with Crippen LogP contribution >= 0.6 is 0 Å². The van der Waals surface area contributed by atoms with Gasteiger partial charge in [0.2, 0.25) is 0 Å². The van der Waals surface area contributed by atoms with Crippen molar-refractivity contribution in [2.75, 3.05) is 7.05 Å². The molecule has 1 aromatic heterocycles. The van der Waals surface area contributed by atoms with E-state index in [4.69, 9.17) is 0 Å². The highest BCUT2D eigenvalue weighted by Gasteiger charge is 2.15. The van der Waals surface area contributed by atoms with Gasteiger partial charge >= 0.3 is 0 Å². The van der Waals surface area contributed by atoms with Gasteiger partial charge in [-0.05, 0) is 42.8 Å². The van der Waals surface area contributed by atoms with Gasteiger partial charge in [-0.3, -0.25) is 4.79 Å². The van der Waals surface area contributed by atoms with Gasteiger partial charge in [0.1, 0.15) is 5.82 Å². The van der Waals surface area contributed by atoms with Gasteiger partial charge in [-0.1, -0.05) is 0 Å². The number of carbonyl (C=O) groups excluding carboxylic acids is 1. The number of aromatic nitrogens is 1. The first-order valence-corrected chi connectivity index (χ1v) is 5.69. The third kappa shape index (κ3) is 2.01. The molecule has 0 atom stereocenters. The lowest BCUT2D eigenvalue weighted by Gasteiger charge is -2.05. The van der Waals surface area contributed by atoms with Crippen molar-refractivity contribution in [1.29, 1.82) is 0 Å². The standard InChI is InChI=1S/C14H15FN2O/c1-9-12(14(18)16-2)8-13(17(9)3)10-4-6-11(15)7-5-10/h4-8H,1-3H3,(H,16,18). The van der Waals surface area contributed by atoms with Gasteiger partial charge < -0.3 is 9.88 Å². The lowest BCUT2D eigenvalue weighted by molar-refractivity contribution is 0.0962. The Morgan fingerprint density at radius 3 is 2.44 bits per heavy atom. The number of carbonyl (C=O) groups is 1. The van der Waals surface area contributed by atoms with E-state index in [0.717, 1.165) is 17.0 Å². The highest BCUT2D eigenvalue weighted by atomic mass is 19.1. The van der Waals surface area contributed by atoms with Crippen LogP contribution in [0, 0.1) is 12.7 Å². The molecule has 0 fully saturated rings. The van der Waals surface area contributed by atoms with Crippen molar-refractivity contribution in [3.8, 4) is 11.3 Å². The molecule has 0 radical (unpaired) electrons. The Morgan fingerprint density at radius 1 is 1.28 bits per heavy atom. The summed E-state index contributed by atoms with van der Waals surface area (Å²) in [7, 11) is 3.49. The molecule has 94 valence electrons. The van der Waals surface area contributed by atoms with Crippen LogP contribution < -0.4 is 5.32 Å². The second-order valence-corrected chi connectivity index (χ2v) is 4.17. The molecule has 0 saturated carbocycles. The molecule has 0 aliphatic carbocycles. The fourth-order valence-electron chi connectivity index (χ4n) is 1.96. The minimum atomic E-state index is -0.267. The number of halogens is 1. The van der Waals surface area contributed by atoms with Crippen LogP contribution in [0.15, 0.2) is 30.3 Å². The zero-order valence-corrected chi connectivity index (χ0v) is 10.6. The lowest BCUT2D eigenvalue weighted by Crippen LogP contribution is -2.18. The van der Waals surface area contributed by atoms with E-state index < -0.39 is 0 Å². The van der Waals surface area contributed by atoms with Gasteiger partial charge in [0.25, 0.3) is 5.91 Å². The molecule has 18 heavy (non-hydrogen) atoms. The predicted octanol–water partition coefficient (Wildman–Crippen LogP) is 2.50. The highest BCUT2D eigenvalue weighted by molar-refractivity contribution is 5.96. The molecular weight excluding hydrogens is 231 g/mol. The molecule has 0 aliphatic rings. The molecule has 3 nitrogen and oxygen atoms in total. The summed E-state index contributed by atoms with van der Waals surface area (Å²) in [4.78, 5) is 11.7. The van der Waals surface area contributed by atoms with Crippen molar-refractivity contribution in [3.63, 3.8) is 0 Å². The Morgan fingerprint density at radius 2 is 1.89 bits per heavy atom. The van der Waals surface area contributed by atoms with E-state index >= 15 is 0 Å². The molecule has 0 spiro atoms.